The van der Waals surface area contributed by atoms with Gasteiger partial charge in [0.25, 0.3) is 0 Å². The maximum absolute atomic E-state index is 12.8. The van der Waals surface area contributed by atoms with Crippen molar-refractivity contribution in [3.63, 3.8) is 0 Å². The Kier molecular flexibility index (Phi) is 7.35. The van der Waals surface area contributed by atoms with E-state index in [-0.39, 0.29) is 23.5 Å². The van der Waals surface area contributed by atoms with Crippen LogP contribution in [0.1, 0.15) is 40.0 Å². The fraction of sp³-hybridized carbons (Fsp3) is 1.00. The van der Waals surface area contributed by atoms with Crippen molar-refractivity contribution < 1.29 is 23.4 Å². The molecule has 0 radical (unpaired) electrons. The summed E-state index contributed by atoms with van der Waals surface area (Å²) in [4.78, 5) is 0. The summed E-state index contributed by atoms with van der Waals surface area (Å²) in [5.41, 5.74) is 6.44. The molecule has 0 amide bonds. The molecule has 23 heavy (non-hydrogen) atoms. The maximum atomic E-state index is 12.8. The van der Waals surface area contributed by atoms with Crippen molar-refractivity contribution in [1.29, 1.82) is 0 Å². The van der Waals surface area contributed by atoms with Crippen LogP contribution in [0.5, 0.6) is 0 Å². The average Bonchev–Trinajstić information content (AvgIpc) is 2.35. The van der Waals surface area contributed by atoms with Gasteiger partial charge >= 0.3 is 6.11 Å². The highest BCUT2D eigenvalue weighted by Gasteiger charge is 2.39. The molecule has 4 N–H and O–H groups in total. The van der Waals surface area contributed by atoms with E-state index < -0.39 is 18.8 Å². The standard InChI is InChI=1S/C16H32F2N2O3/c1-14(2)5-12(19)6-15(3,9-14)10-20-7-13(21)8-23-11-16(17,18)22-4/h12-13,20-21H,5-11,19H2,1-4H3. The first-order valence-corrected chi connectivity index (χ1v) is 8.12. The molecule has 0 aromatic heterocycles. The molecule has 0 spiro atoms. The molecule has 1 saturated carbocycles. The summed E-state index contributed by atoms with van der Waals surface area (Å²) < 4.78 is 34.3. The maximum Gasteiger partial charge on any atom is 0.378 e. The highest BCUT2D eigenvalue weighted by atomic mass is 19.3. The van der Waals surface area contributed by atoms with Crippen molar-refractivity contribution in [2.75, 3.05) is 33.4 Å². The Labute approximate surface area is 137 Å². The zero-order chi connectivity index (χ0) is 17.7. The topological polar surface area (TPSA) is 76.7 Å². The first-order chi connectivity index (χ1) is 10.5. The van der Waals surface area contributed by atoms with Gasteiger partial charge in [0.15, 0.2) is 0 Å². The molecule has 0 aliphatic heterocycles. The first kappa shape index (κ1) is 20.7. The molecule has 0 saturated heterocycles. The number of rotatable bonds is 9. The van der Waals surface area contributed by atoms with E-state index in [2.05, 4.69) is 30.8 Å². The van der Waals surface area contributed by atoms with Crippen LogP contribution in [-0.4, -0.2) is 56.8 Å². The Morgan fingerprint density at radius 2 is 2.00 bits per heavy atom. The normalized spacial score (nSPS) is 29.5. The largest absolute Gasteiger partial charge is 0.389 e. The van der Waals surface area contributed by atoms with Crippen LogP contribution in [0.4, 0.5) is 8.78 Å². The minimum atomic E-state index is -3.32. The zero-order valence-corrected chi connectivity index (χ0v) is 14.7. The summed E-state index contributed by atoms with van der Waals surface area (Å²) in [6.07, 6.45) is -1.13. The second-order valence-electron chi connectivity index (χ2n) is 7.96. The van der Waals surface area contributed by atoms with E-state index in [4.69, 9.17) is 10.5 Å². The molecule has 0 heterocycles. The fourth-order valence-corrected chi connectivity index (χ4v) is 3.82. The Morgan fingerprint density at radius 3 is 2.57 bits per heavy atom. The summed E-state index contributed by atoms with van der Waals surface area (Å²) in [6, 6.07) is 0.190. The molecule has 0 aromatic carbocycles. The van der Waals surface area contributed by atoms with Crippen molar-refractivity contribution in [3.05, 3.63) is 0 Å². The van der Waals surface area contributed by atoms with Gasteiger partial charge in [-0.15, -0.1) is 0 Å². The van der Waals surface area contributed by atoms with Crippen LogP contribution in [0, 0.1) is 10.8 Å². The highest BCUT2D eigenvalue weighted by Crippen LogP contribution is 2.45. The van der Waals surface area contributed by atoms with Gasteiger partial charge < -0.3 is 25.6 Å². The van der Waals surface area contributed by atoms with E-state index in [0.717, 1.165) is 32.9 Å². The van der Waals surface area contributed by atoms with Gasteiger partial charge in [-0.25, -0.2) is 0 Å². The van der Waals surface area contributed by atoms with Crippen molar-refractivity contribution >= 4 is 0 Å². The van der Waals surface area contributed by atoms with Gasteiger partial charge in [-0.2, -0.15) is 8.78 Å². The smallest absolute Gasteiger partial charge is 0.378 e. The molecule has 3 atom stereocenters. The van der Waals surface area contributed by atoms with E-state index >= 15 is 0 Å². The van der Waals surface area contributed by atoms with Gasteiger partial charge in [0.1, 0.15) is 6.61 Å². The van der Waals surface area contributed by atoms with Crippen LogP contribution >= 0.6 is 0 Å². The van der Waals surface area contributed by atoms with E-state index in [9.17, 15) is 13.9 Å². The zero-order valence-electron chi connectivity index (χ0n) is 14.7. The van der Waals surface area contributed by atoms with E-state index in [0.29, 0.717) is 6.54 Å². The molecule has 0 bridgehead atoms. The number of methoxy groups -OCH3 is 1. The lowest BCUT2D eigenvalue weighted by Gasteiger charge is -2.46. The number of aliphatic hydroxyl groups is 1. The van der Waals surface area contributed by atoms with Gasteiger partial charge in [0.2, 0.25) is 0 Å². The van der Waals surface area contributed by atoms with Crippen molar-refractivity contribution in [1.82, 2.24) is 5.32 Å². The Morgan fingerprint density at radius 1 is 1.35 bits per heavy atom. The quantitative estimate of drug-likeness (QED) is 0.597. The lowest BCUT2D eigenvalue weighted by molar-refractivity contribution is -0.252. The van der Waals surface area contributed by atoms with Gasteiger partial charge in [-0.1, -0.05) is 20.8 Å². The minimum absolute atomic E-state index is 0.0742. The molecule has 1 rings (SSSR count). The van der Waals surface area contributed by atoms with Crippen LogP contribution in [0.25, 0.3) is 0 Å². The third-order valence-electron chi connectivity index (χ3n) is 4.29. The number of hydrogen-bond donors (Lipinski definition) is 3. The first-order valence-electron chi connectivity index (χ1n) is 8.12. The van der Waals surface area contributed by atoms with Crippen LogP contribution in [0.3, 0.4) is 0 Å². The summed E-state index contributed by atoms with van der Waals surface area (Å²) in [5, 5.41) is 13.0. The molecule has 5 nitrogen and oxygen atoms in total. The highest BCUT2D eigenvalue weighted by molar-refractivity contribution is 4.94. The predicted molar refractivity (Wildman–Crippen MR) is 85.4 cm³/mol. The van der Waals surface area contributed by atoms with Gasteiger partial charge in [-0.3, -0.25) is 0 Å². The second-order valence-corrected chi connectivity index (χ2v) is 7.96. The molecule has 1 aliphatic rings. The predicted octanol–water partition coefficient (Wildman–Crippen LogP) is 1.74. The molecule has 3 unspecified atom stereocenters. The SMILES string of the molecule is COC(F)(F)COCC(O)CNCC1(C)CC(N)CC(C)(C)C1. The fourth-order valence-electron chi connectivity index (χ4n) is 3.82. The number of aliphatic hydroxyl groups excluding tert-OH is 1. The molecular formula is C16H32F2N2O3. The minimum Gasteiger partial charge on any atom is -0.389 e. The number of nitrogens with one attached hydrogen (secondary N) is 1. The van der Waals surface area contributed by atoms with Crippen LogP contribution < -0.4 is 11.1 Å². The summed E-state index contributed by atoms with van der Waals surface area (Å²) in [7, 11) is 0.915. The summed E-state index contributed by atoms with van der Waals surface area (Å²) in [6.45, 7) is 6.66. The lowest BCUT2D eigenvalue weighted by Crippen LogP contribution is -2.47. The summed E-state index contributed by atoms with van der Waals surface area (Å²) in [5.74, 6) is 0. The van der Waals surface area contributed by atoms with Gasteiger partial charge in [0.05, 0.1) is 12.7 Å². The molecule has 1 aliphatic carbocycles. The molecule has 1 fully saturated rings. The summed E-state index contributed by atoms with van der Waals surface area (Å²) >= 11 is 0. The van der Waals surface area contributed by atoms with Crippen molar-refractivity contribution in [3.8, 4) is 0 Å². The van der Waals surface area contributed by atoms with Crippen LogP contribution in [0.15, 0.2) is 0 Å². The molecular weight excluding hydrogens is 306 g/mol. The Hall–Kier alpha value is -0.340. The molecule has 138 valence electrons. The monoisotopic (exact) mass is 338 g/mol. The average molecular weight is 338 g/mol. The number of hydrogen-bond acceptors (Lipinski definition) is 5. The van der Waals surface area contributed by atoms with Crippen LogP contribution in [0.2, 0.25) is 0 Å². The Bertz CT molecular complexity index is 369. The molecule has 0 aromatic rings. The van der Waals surface area contributed by atoms with Gasteiger partial charge in [0, 0.05) is 26.2 Å². The third kappa shape index (κ3) is 7.85. The molecule has 7 heteroatoms. The van der Waals surface area contributed by atoms with E-state index in [1.54, 1.807) is 0 Å². The third-order valence-corrected chi connectivity index (χ3v) is 4.29. The van der Waals surface area contributed by atoms with Crippen LogP contribution in [-0.2, 0) is 9.47 Å². The number of ether oxygens (including phenoxy) is 2. The van der Waals surface area contributed by atoms with Gasteiger partial charge in [-0.05, 0) is 30.1 Å². The van der Waals surface area contributed by atoms with Crippen molar-refractivity contribution in [2.45, 2.75) is 58.3 Å². The number of alkyl halides is 2. The lowest BCUT2D eigenvalue weighted by atomic mass is 9.63. The Balaban J connectivity index is 2.27. The number of nitrogens with two attached hydrogens (primary N) is 1. The van der Waals surface area contributed by atoms with E-state index in [1.165, 1.54) is 0 Å². The number of halogens is 2. The van der Waals surface area contributed by atoms with Crippen molar-refractivity contribution in [2.24, 2.45) is 16.6 Å². The van der Waals surface area contributed by atoms with E-state index in [1.807, 2.05) is 0 Å². The second kappa shape index (κ2) is 8.16.